The molecule has 2 heteroatoms. The average molecular weight is 288 g/mol. The largest absolute Gasteiger partial charge is 0.507 e. The van der Waals surface area contributed by atoms with Crippen molar-refractivity contribution in [3.63, 3.8) is 0 Å². The molecule has 0 spiro atoms. The maximum atomic E-state index is 9.19. The molecule has 0 amide bonds. The summed E-state index contributed by atoms with van der Waals surface area (Å²) < 4.78 is 0. The predicted molar refractivity (Wildman–Crippen MR) is 90.1 cm³/mol. The molecule has 2 N–H and O–H groups in total. The lowest BCUT2D eigenvalue weighted by molar-refractivity contribution is 0.207. The van der Waals surface area contributed by atoms with Gasteiger partial charge in [0.1, 0.15) is 5.75 Å². The zero-order valence-corrected chi connectivity index (χ0v) is 13.4. The summed E-state index contributed by atoms with van der Waals surface area (Å²) >= 11 is 0. The Morgan fingerprint density at radius 1 is 1.14 bits per heavy atom. The Balaban J connectivity index is 0.000000188. The van der Waals surface area contributed by atoms with Gasteiger partial charge in [0, 0.05) is 12.2 Å². The molecule has 3 rings (SSSR count). The van der Waals surface area contributed by atoms with Gasteiger partial charge in [-0.2, -0.15) is 0 Å². The predicted octanol–water partition coefficient (Wildman–Crippen LogP) is 4.64. The second kappa shape index (κ2) is 9.41. The molecule has 1 aromatic rings. The molecule has 1 fully saturated rings. The number of aliphatic hydroxyl groups excluding tert-OH is 1. The number of aliphatic hydroxyl groups is 1. The zero-order valence-electron chi connectivity index (χ0n) is 13.4. The molecule has 0 radical (unpaired) electrons. The molecule has 1 saturated carbocycles. The molecule has 116 valence electrons. The van der Waals surface area contributed by atoms with Crippen molar-refractivity contribution < 1.29 is 10.2 Å². The van der Waals surface area contributed by atoms with E-state index >= 15 is 0 Å². The SMILES string of the molecule is C/C=C/c1ccccc1O.CC.OCC1CC2C=CC1C2. The molecular weight excluding hydrogens is 260 g/mol. The van der Waals surface area contributed by atoms with E-state index in [9.17, 15) is 5.11 Å². The van der Waals surface area contributed by atoms with E-state index in [1.807, 2.05) is 51.1 Å². The van der Waals surface area contributed by atoms with Crippen LogP contribution < -0.4 is 0 Å². The normalized spacial score (nSPS) is 25.2. The molecule has 2 nitrogen and oxygen atoms in total. The van der Waals surface area contributed by atoms with Crippen LogP contribution in [0.5, 0.6) is 5.75 Å². The topological polar surface area (TPSA) is 40.5 Å². The van der Waals surface area contributed by atoms with Gasteiger partial charge in [0.15, 0.2) is 0 Å². The number of phenols is 1. The smallest absolute Gasteiger partial charge is 0.122 e. The van der Waals surface area contributed by atoms with Gasteiger partial charge in [0.25, 0.3) is 0 Å². The molecule has 2 bridgehead atoms. The number of hydrogen-bond acceptors (Lipinski definition) is 2. The van der Waals surface area contributed by atoms with E-state index < -0.39 is 0 Å². The van der Waals surface area contributed by atoms with Crippen LogP contribution >= 0.6 is 0 Å². The standard InChI is InChI=1S/C9H10O.C8H12O.C2H6/c1-2-5-8-6-3-4-7-9(8)10;9-5-8-4-6-1-2-7(8)3-6;1-2/h2-7,10H,1H3;1-2,6-9H,3-5H2;1-2H3/b5-2+;;. The summed E-state index contributed by atoms with van der Waals surface area (Å²) in [6, 6.07) is 7.25. The quantitative estimate of drug-likeness (QED) is 0.778. The molecule has 2 aliphatic carbocycles. The number of aromatic hydroxyl groups is 1. The first kappa shape index (κ1) is 17.5. The summed E-state index contributed by atoms with van der Waals surface area (Å²) in [5.74, 6) is 2.47. The van der Waals surface area contributed by atoms with Crippen LogP contribution in [0.3, 0.4) is 0 Å². The van der Waals surface area contributed by atoms with Crippen molar-refractivity contribution in [2.24, 2.45) is 17.8 Å². The molecule has 21 heavy (non-hydrogen) atoms. The van der Waals surface area contributed by atoms with Crippen LogP contribution in [0.25, 0.3) is 6.08 Å². The highest BCUT2D eigenvalue weighted by molar-refractivity contribution is 5.55. The number of allylic oxidation sites excluding steroid dienone is 3. The number of benzene rings is 1. The second-order valence-electron chi connectivity index (χ2n) is 5.28. The number of phenolic OH excluding ortho intramolecular Hbond substituents is 1. The third-order valence-electron chi connectivity index (χ3n) is 3.93. The second-order valence-corrected chi connectivity index (χ2v) is 5.28. The minimum absolute atomic E-state index is 0.334. The van der Waals surface area contributed by atoms with Crippen LogP contribution in [0.2, 0.25) is 0 Å². The van der Waals surface area contributed by atoms with Gasteiger partial charge in [-0.3, -0.25) is 0 Å². The number of hydrogen-bond donors (Lipinski definition) is 2. The summed E-state index contributed by atoms with van der Waals surface area (Å²) in [4.78, 5) is 0. The van der Waals surface area contributed by atoms with Crippen LogP contribution in [0.15, 0.2) is 42.5 Å². The molecule has 0 heterocycles. The molecule has 2 aliphatic rings. The van der Waals surface area contributed by atoms with E-state index in [0.717, 1.165) is 17.4 Å². The van der Waals surface area contributed by atoms with Crippen molar-refractivity contribution in [2.75, 3.05) is 6.61 Å². The van der Waals surface area contributed by atoms with Gasteiger partial charge in [0.2, 0.25) is 0 Å². The lowest BCUT2D eigenvalue weighted by Crippen LogP contribution is -2.10. The summed E-state index contributed by atoms with van der Waals surface area (Å²) in [5.41, 5.74) is 0.866. The van der Waals surface area contributed by atoms with Crippen molar-refractivity contribution >= 4 is 6.08 Å². The summed E-state index contributed by atoms with van der Waals surface area (Å²) in [6.07, 6.45) is 10.9. The highest BCUT2D eigenvalue weighted by Gasteiger charge is 2.34. The van der Waals surface area contributed by atoms with E-state index in [2.05, 4.69) is 12.2 Å². The summed E-state index contributed by atoms with van der Waals surface area (Å²) in [7, 11) is 0. The van der Waals surface area contributed by atoms with Crippen molar-refractivity contribution in [1.82, 2.24) is 0 Å². The van der Waals surface area contributed by atoms with Crippen LogP contribution in [0.4, 0.5) is 0 Å². The highest BCUT2D eigenvalue weighted by Crippen LogP contribution is 2.42. The number of rotatable bonds is 2. The maximum Gasteiger partial charge on any atom is 0.122 e. The number of para-hydroxylation sites is 1. The van der Waals surface area contributed by atoms with Crippen molar-refractivity contribution in [3.05, 3.63) is 48.1 Å². The van der Waals surface area contributed by atoms with E-state index in [1.54, 1.807) is 6.07 Å². The van der Waals surface area contributed by atoms with E-state index in [4.69, 9.17) is 5.11 Å². The summed E-state index contributed by atoms with van der Waals surface area (Å²) in [5, 5.41) is 18.0. The summed E-state index contributed by atoms with van der Waals surface area (Å²) in [6.45, 7) is 6.32. The average Bonchev–Trinajstić information content (AvgIpc) is 3.15. The lowest BCUT2D eigenvalue weighted by Gasteiger charge is -2.13. The van der Waals surface area contributed by atoms with Gasteiger partial charge in [-0.1, -0.05) is 56.4 Å². The van der Waals surface area contributed by atoms with Crippen LogP contribution in [-0.2, 0) is 0 Å². The Hall–Kier alpha value is -1.54. The fraction of sp³-hybridized carbons (Fsp3) is 0.474. The van der Waals surface area contributed by atoms with Gasteiger partial charge in [0.05, 0.1) is 0 Å². The first-order valence-corrected chi connectivity index (χ1v) is 7.94. The molecule has 0 aromatic heterocycles. The Bertz CT molecular complexity index is 462. The Morgan fingerprint density at radius 2 is 1.86 bits per heavy atom. The Kier molecular flexibility index (Phi) is 7.84. The Labute approximate surface area is 128 Å². The van der Waals surface area contributed by atoms with Gasteiger partial charge < -0.3 is 10.2 Å². The van der Waals surface area contributed by atoms with Gasteiger partial charge >= 0.3 is 0 Å². The van der Waals surface area contributed by atoms with E-state index in [0.29, 0.717) is 18.3 Å². The van der Waals surface area contributed by atoms with Crippen molar-refractivity contribution in [3.8, 4) is 5.75 Å². The highest BCUT2D eigenvalue weighted by atomic mass is 16.3. The number of fused-ring (bicyclic) bond motifs is 2. The Morgan fingerprint density at radius 3 is 2.29 bits per heavy atom. The van der Waals surface area contributed by atoms with E-state index in [1.165, 1.54) is 12.8 Å². The third-order valence-corrected chi connectivity index (χ3v) is 3.93. The van der Waals surface area contributed by atoms with Crippen molar-refractivity contribution in [1.29, 1.82) is 0 Å². The van der Waals surface area contributed by atoms with Gasteiger partial charge in [-0.15, -0.1) is 0 Å². The van der Waals surface area contributed by atoms with Gasteiger partial charge in [-0.25, -0.2) is 0 Å². The fourth-order valence-corrected chi connectivity index (χ4v) is 2.91. The van der Waals surface area contributed by atoms with Crippen LogP contribution in [0.1, 0.15) is 39.2 Å². The van der Waals surface area contributed by atoms with Gasteiger partial charge in [-0.05, 0) is 43.6 Å². The monoisotopic (exact) mass is 288 g/mol. The van der Waals surface area contributed by atoms with Crippen molar-refractivity contribution in [2.45, 2.75) is 33.6 Å². The minimum atomic E-state index is 0.334. The molecule has 0 saturated heterocycles. The molecular formula is C19H28O2. The van der Waals surface area contributed by atoms with Crippen LogP contribution in [0, 0.1) is 17.8 Å². The lowest BCUT2D eigenvalue weighted by atomic mass is 9.95. The third kappa shape index (κ3) is 5.05. The first-order valence-electron chi connectivity index (χ1n) is 7.94. The van der Waals surface area contributed by atoms with Crippen LogP contribution in [-0.4, -0.2) is 16.8 Å². The molecule has 0 aliphatic heterocycles. The molecule has 3 unspecified atom stereocenters. The first-order chi connectivity index (χ1) is 10.2. The van der Waals surface area contributed by atoms with E-state index in [-0.39, 0.29) is 0 Å². The molecule has 3 atom stereocenters. The fourth-order valence-electron chi connectivity index (χ4n) is 2.91. The maximum absolute atomic E-state index is 9.19. The molecule has 1 aromatic carbocycles. The minimum Gasteiger partial charge on any atom is -0.507 e. The zero-order chi connectivity index (χ0) is 15.7.